The van der Waals surface area contributed by atoms with E-state index in [0.29, 0.717) is 13.2 Å². The highest BCUT2D eigenvalue weighted by Gasteiger charge is 2.14. The normalized spacial score (nSPS) is 24.9. The minimum atomic E-state index is 0.0404. The summed E-state index contributed by atoms with van der Waals surface area (Å²) in [5.41, 5.74) is 0. The number of rotatable bonds is 6. The number of nitrogens with one attached hydrogen (secondary N) is 1. The molecule has 84 valence electrons. The SMILES string of the molecule is CNC(CO)COCC1CCCCO1. The van der Waals surface area contributed by atoms with E-state index < -0.39 is 0 Å². The molecule has 1 fully saturated rings. The van der Waals surface area contributed by atoms with Crippen molar-refractivity contribution in [3.8, 4) is 0 Å². The lowest BCUT2D eigenvalue weighted by atomic mass is 10.1. The summed E-state index contributed by atoms with van der Waals surface area (Å²) in [7, 11) is 1.82. The van der Waals surface area contributed by atoms with E-state index in [0.717, 1.165) is 13.0 Å². The minimum Gasteiger partial charge on any atom is -0.395 e. The van der Waals surface area contributed by atoms with Crippen molar-refractivity contribution in [1.29, 1.82) is 0 Å². The highest BCUT2D eigenvalue weighted by atomic mass is 16.5. The van der Waals surface area contributed by atoms with Crippen LogP contribution in [-0.2, 0) is 9.47 Å². The maximum absolute atomic E-state index is 8.89. The molecule has 4 heteroatoms. The average molecular weight is 203 g/mol. The molecule has 0 amide bonds. The summed E-state index contributed by atoms with van der Waals surface area (Å²) in [6, 6.07) is 0.0404. The van der Waals surface area contributed by atoms with Gasteiger partial charge in [0.25, 0.3) is 0 Å². The van der Waals surface area contributed by atoms with Crippen LogP contribution in [0.5, 0.6) is 0 Å². The molecular weight excluding hydrogens is 182 g/mol. The van der Waals surface area contributed by atoms with Gasteiger partial charge >= 0.3 is 0 Å². The van der Waals surface area contributed by atoms with E-state index in [1.807, 2.05) is 7.05 Å². The van der Waals surface area contributed by atoms with Gasteiger partial charge in [-0.15, -0.1) is 0 Å². The first-order chi connectivity index (χ1) is 6.86. The predicted octanol–water partition coefficient (Wildman–Crippen LogP) is 0.152. The Hall–Kier alpha value is -0.160. The molecule has 1 heterocycles. The number of hydrogen-bond acceptors (Lipinski definition) is 4. The van der Waals surface area contributed by atoms with E-state index in [9.17, 15) is 0 Å². The van der Waals surface area contributed by atoms with Gasteiger partial charge in [-0.3, -0.25) is 0 Å². The number of ether oxygens (including phenoxy) is 2. The average Bonchev–Trinajstić information content (AvgIpc) is 2.26. The maximum atomic E-state index is 8.89. The van der Waals surface area contributed by atoms with Gasteiger partial charge in [0.05, 0.1) is 32.0 Å². The Labute approximate surface area is 85.6 Å². The van der Waals surface area contributed by atoms with Crippen LogP contribution in [-0.4, -0.2) is 50.7 Å². The second-order valence-electron chi connectivity index (χ2n) is 3.69. The molecule has 0 aromatic heterocycles. The molecule has 2 unspecified atom stereocenters. The van der Waals surface area contributed by atoms with Crippen LogP contribution in [0.15, 0.2) is 0 Å². The van der Waals surface area contributed by atoms with Gasteiger partial charge in [0.1, 0.15) is 0 Å². The third-order valence-corrected chi connectivity index (χ3v) is 2.53. The molecule has 1 aliphatic heterocycles. The fraction of sp³-hybridized carbons (Fsp3) is 1.00. The molecule has 0 aromatic carbocycles. The van der Waals surface area contributed by atoms with E-state index in [4.69, 9.17) is 14.6 Å². The zero-order chi connectivity index (χ0) is 10.2. The summed E-state index contributed by atoms with van der Waals surface area (Å²) in [4.78, 5) is 0. The summed E-state index contributed by atoms with van der Waals surface area (Å²) in [6.07, 6.45) is 3.78. The van der Waals surface area contributed by atoms with Gasteiger partial charge in [-0.25, -0.2) is 0 Å². The highest BCUT2D eigenvalue weighted by Crippen LogP contribution is 2.12. The molecule has 0 radical (unpaired) electrons. The van der Waals surface area contributed by atoms with Gasteiger partial charge in [-0.2, -0.15) is 0 Å². The van der Waals surface area contributed by atoms with Crippen LogP contribution in [0.2, 0.25) is 0 Å². The molecule has 2 N–H and O–H groups in total. The third kappa shape index (κ3) is 4.37. The van der Waals surface area contributed by atoms with Gasteiger partial charge in [-0.05, 0) is 26.3 Å². The van der Waals surface area contributed by atoms with Crippen LogP contribution in [0, 0.1) is 0 Å². The summed E-state index contributed by atoms with van der Waals surface area (Å²) in [6.45, 7) is 2.18. The molecule has 14 heavy (non-hydrogen) atoms. The third-order valence-electron chi connectivity index (χ3n) is 2.53. The monoisotopic (exact) mass is 203 g/mol. The number of likely N-dealkylation sites (N-methyl/N-ethyl adjacent to an activating group) is 1. The van der Waals surface area contributed by atoms with E-state index in [1.54, 1.807) is 0 Å². The van der Waals surface area contributed by atoms with Gasteiger partial charge in [0.15, 0.2) is 0 Å². The van der Waals surface area contributed by atoms with Gasteiger partial charge in [0.2, 0.25) is 0 Å². The predicted molar refractivity (Wildman–Crippen MR) is 54.3 cm³/mol. The largest absolute Gasteiger partial charge is 0.395 e. The zero-order valence-electron chi connectivity index (χ0n) is 8.87. The highest BCUT2D eigenvalue weighted by molar-refractivity contribution is 4.65. The summed E-state index contributed by atoms with van der Waals surface area (Å²) in [5.74, 6) is 0. The first-order valence-electron chi connectivity index (χ1n) is 5.34. The molecule has 0 aliphatic carbocycles. The van der Waals surface area contributed by atoms with Gasteiger partial charge in [-0.1, -0.05) is 0 Å². The van der Waals surface area contributed by atoms with Gasteiger partial charge < -0.3 is 19.9 Å². The molecule has 1 aliphatic rings. The lowest BCUT2D eigenvalue weighted by Gasteiger charge is -2.23. The fourth-order valence-electron chi connectivity index (χ4n) is 1.51. The quantitative estimate of drug-likeness (QED) is 0.645. The van der Waals surface area contributed by atoms with Crippen LogP contribution in [0.3, 0.4) is 0 Å². The van der Waals surface area contributed by atoms with Crippen LogP contribution >= 0.6 is 0 Å². The van der Waals surface area contributed by atoms with Crippen molar-refractivity contribution in [2.24, 2.45) is 0 Å². The van der Waals surface area contributed by atoms with Crippen LogP contribution in [0.1, 0.15) is 19.3 Å². The summed E-state index contributed by atoms with van der Waals surface area (Å²) < 4.78 is 11.0. The van der Waals surface area contributed by atoms with Crippen LogP contribution in [0.4, 0.5) is 0 Å². The first kappa shape index (κ1) is 11.9. The van der Waals surface area contributed by atoms with Gasteiger partial charge in [0, 0.05) is 6.61 Å². The Kier molecular flexibility index (Phi) is 6.10. The Bertz CT molecular complexity index is 133. The Balaban J connectivity index is 2.01. The molecule has 0 bridgehead atoms. The molecule has 0 aromatic rings. The van der Waals surface area contributed by atoms with Crippen molar-refractivity contribution in [2.45, 2.75) is 31.4 Å². The lowest BCUT2D eigenvalue weighted by molar-refractivity contribution is -0.0458. The van der Waals surface area contributed by atoms with Crippen molar-refractivity contribution in [3.63, 3.8) is 0 Å². The molecule has 1 saturated heterocycles. The second-order valence-corrected chi connectivity index (χ2v) is 3.69. The van der Waals surface area contributed by atoms with Crippen molar-refractivity contribution >= 4 is 0 Å². The first-order valence-corrected chi connectivity index (χ1v) is 5.34. The molecular formula is C10H21NO3. The topological polar surface area (TPSA) is 50.7 Å². The Morgan fingerprint density at radius 1 is 1.57 bits per heavy atom. The molecule has 2 atom stereocenters. The number of aliphatic hydroxyl groups excluding tert-OH is 1. The lowest BCUT2D eigenvalue weighted by Crippen LogP contribution is -2.35. The molecule has 0 saturated carbocycles. The van der Waals surface area contributed by atoms with E-state index in [2.05, 4.69) is 5.32 Å². The van der Waals surface area contributed by atoms with E-state index in [-0.39, 0.29) is 18.8 Å². The van der Waals surface area contributed by atoms with Crippen molar-refractivity contribution in [1.82, 2.24) is 5.32 Å². The molecule has 4 nitrogen and oxygen atoms in total. The van der Waals surface area contributed by atoms with E-state index >= 15 is 0 Å². The van der Waals surface area contributed by atoms with Crippen LogP contribution in [0.25, 0.3) is 0 Å². The van der Waals surface area contributed by atoms with Crippen LogP contribution < -0.4 is 5.32 Å². The number of hydrogen-bond donors (Lipinski definition) is 2. The molecule has 1 rings (SSSR count). The van der Waals surface area contributed by atoms with Crippen molar-refractivity contribution in [2.75, 3.05) is 33.5 Å². The summed E-state index contributed by atoms with van der Waals surface area (Å²) >= 11 is 0. The maximum Gasteiger partial charge on any atom is 0.0808 e. The van der Waals surface area contributed by atoms with Crippen molar-refractivity contribution < 1.29 is 14.6 Å². The second kappa shape index (κ2) is 7.17. The Morgan fingerprint density at radius 2 is 2.43 bits per heavy atom. The molecule has 0 spiro atoms. The van der Waals surface area contributed by atoms with E-state index in [1.165, 1.54) is 12.8 Å². The smallest absolute Gasteiger partial charge is 0.0808 e. The Morgan fingerprint density at radius 3 is 3.00 bits per heavy atom. The summed E-state index contributed by atoms with van der Waals surface area (Å²) in [5, 5.41) is 11.9. The fourth-order valence-corrected chi connectivity index (χ4v) is 1.51. The zero-order valence-corrected chi connectivity index (χ0v) is 8.87. The standard InChI is InChI=1S/C10H21NO3/c1-11-9(6-12)7-13-8-10-4-2-3-5-14-10/h9-12H,2-8H2,1H3. The van der Waals surface area contributed by atoms with Crippen molar-refractivity contribution in [3.05, 3.63) is 0 Å². The minimum absolute atomic E-state index is 0.0404. The number of aliphatic hydroxyl groups is 1.